The zero-order valence-corrected chi connectivity index (χ0v) is 20.5. The highest BCUT2D eigenvalue weighted by Gasteiger charge is 2.30. The van der Waals surface area contributed by atoms with Gasteiger partial charge in [0, 0.05) is 42.1 Å². The number of aromatic nitrogens is 3. The molecular formula is C28H29N5O4. The number of carbonyl (C=O) groups excluding carboxylic acids is 1. The van der Waals surface area contributed by atoms with E-state index in [9.17, 15) is 9.59 Å². The first kappa shape index (κ1) is 22.2. The highest BCUT2D eigenvalue weighted by atomic mass is 16.5. The number of hydrogen-bond acceptors (Lipinski definition) is 4. The summed E-state index contributed by atoms with van der Waals surface area (Å²) < 4.78 is 10.7. The molecule has 0 radical (unpaired) electrons. The molecule has 0 spiro atoms. The summed E-state index contributed by atoms with van der Waals surface area (Å²) >= 11 is 0. The molecule has 9 nitrogen and oxygen atoms in total. The van der Waals surface area contributed by atoms with E-state index in [0.29, 0.717) is 43.5 Å². The molecule has 0 bridgehead atoms. The standard InChI is InChI=1S/C28H29N5O4/c34-27(31-9-3-5-20(16-31)29-28(35)36)19-12-21-25-24(14-19)37-11-10-32(25)26(30-21)23-13-18-4-1-2-6-22(18)33(23)15-17-7-8-17/h1-2,4,6,12-14,17,20,29H,3,5,7-11,15-16H2,(H,35,36)/t20-/m1/s1. The number of para-hydroxylation sites is 1. The van der Waals surface area contributed by atoms with Crippen molar-refractivity contribution < 1.29 is 19.4 Å². The summed E-state index contributed by atoms with van der Waals surface area (Å²) in [6.07, 6.45) is 2.96. The largest absolute Gasteiger partial charge is 0.489 e. The summed E-state index contributed by atoms with van der Waals surface area (Å²) in [6.45, 7) is 3.16. The quantitative estimate of drug-likeness (QED) is 0.426. The van der Waals surface area contributed by atoms with Crippen LogP contribution in [0.1, 0.15) is 36.0 Å². The van der Waals surface area contributed by atoms with Crippen LogP contribution < -0.4 is 10.1 Å². The van der Waals surface area contributed by atoms with Gasteiger partial charge >= 0.3 is 6.09 Å². The van der Waals surface area contributed by atoms with Crippen LogP contribution in [0.3, 0.4) is 0 Å². The maximum Gasteiger partial charge on any atom is 0.404 e. The van der Waals surface area contributed by atoms with Crippen molar-refractivity contribution in [1.29, 1.82) is 0 Å². The van der Waals surface area contributed by atoms with E-state index >= 15 is 0 Å². The van der Waals surface area contributed by atoms with Gasteiger partial charge in [0.2, 0.25) is 0 Å². The third kappa shape index (κ3) is 3.89. The lowest BCUT2D eigenvalue weighted by molar-refractivity contribution is 0.0692. The van der Waals surface area contributed by atoms with Gasteiger partial charge in [-0.2, -0.15) is 0 Å². The van der Waals surface area contributed by atoms with Gasteiger partial charge in [0.25, 0.3) is 5.91 Å². The zero-order valence-electron chi connectivity index (χ0n) is 20.5. The topological polar surface area (TPSA) is 102 Å². The smallest absolute Gasteiger partial charge is 0.404 e. The highest BCUT2D eigenvalue weighted by Crippen LogP contribution is 2.39. The van der Waals surface area contributed by atoms with Gasteiger partial charge in [-0.3, -0.25) is 4.79 Å². The average Bonchev–Trinajstić information content (AvgIpc) is 3.55. The maximum atomic E-state index is 13.5. The number of ether oxygens (including phenoxy) is 1. The lowest BCUT2D eigenvalue weighted by atomic mass is 10.0. The van der Waals surface area contributed by atoms with Crippen molar-refractivity contribution >= 4 is 33.9 Å². The third-order valence-electron chi connectivity index (χ3n) is 7.84. The predicted molar refractivity (Wildman–Crippen MR) is 139 cm³/mol. The van der Waals surface area contributed by atoms with Crippen LogP contribution >= 0.6 is 0 Å². The second-order valence-corrected chi connectivity index (χ2v) is 10.5. The fourth-order valence-corrected chi connectivity index (χ4v) is 5.91. The van der Waals surface area contributed by atoms with E-state index in [0.717, 1.165) is 41.9 Å². The van der Waals surface area contributed by atoms with E-state index in [1.165, 1.54) is 23.7 Å². The first-order valence-corrected chi connectivity index (χ1v) is 13.1. The number of nitrogens with one attached hydrogen (secondary N) is 1. The minimum atomic E-state index is -1.06. The number of carboxylic acid groups (broad SMARTS) is 1. The molecule has 37 heavy (non-hydrogen) atoms. The molecule has 4 aromatic rings. The van der Waals surface area contributed by atoms with Crippen molar-refractivity contribution in [3.63, 3.8) is 0 Å². The van der Waals surface area contributed by atoms with Crippen LogP contribution in [0.5, 0.6) is 5.75 Å². The van der Waals surface area contributed by atoms with Crippen molar-refractivity contribution in [2.75, 3.05) is 19.7 Å². The lowest BCUT2D eigenvalue weighted by Crippen LogP contribution is -2.49. The average molecular weight is 500 g/mol. The predicted octanol–water partition coefficient (Wildman–Crippen LogP) is 4.33. The Morgan fingerprint density at radius 1 is 1.11 bits per heavy atom. The molecule has 2 amide bonds. The number of imidazole rings is 1. The van der Waals surface area contributed by atoms with E-state index in [4.69, 9.17) is 14.8 Å². The van der Waals surface area contributed by atoms with Gasteiger partial charge in [-0.25, -0.2) is 9.78 Å². The number of hydrogen-bond donors (Lipinski definition) is 2. The van der Waals surface area contributed by atoms with Crippen molar-refractivity contribution in [3.8, 4) is 17.3 Å². The van der Waals surface area contributed by atoms with E-state index in [-0.39, 0.29) is 11.9 Å². The Bertz CT molecular complexity index is 1550. The van der Waals surface area contributed by atoms with E-state index < -0.39 is 6.09 Å². The van der Waals surface area contributed by atoms with Gasteiger partial charge in [-0.1, -0.05) is 18.2 Å². The normalized spacial score (nSPS) is 19.2. The number of nitrogens with zero attached hydrogens (tertiary/aromatic N) is 4. The van der Waals surface area contributed by atoms with Crippen LogP contribution in [-0.4, -0.2) is 61.9 Å². The SMILES string of the molecule is O=C(O)N[C@@H]1CCCN(C(=O)c2cc3c4c(c2)nc(-c2cc5ccccc5n2CC2CC2)n4CCO3)C1. The molecule has 1 atom stereocenters. The van der Waals surface area contributed by atoms with Gasteiger partial charge in [0.15, 0.2) is 5.82 Å². The van der Waals surface area contributed by atoms with Crippen molar-refractivity contribution in [1.82, 2.24) is 24.3 Å². The molecule has 2 aromatic heterocycles. The van der Waals surface area contributed by atoms with E-state index in [2.05, 4.69) is 44.8 Å². The number of fused-ring (bicyclic) bond motifs is 1. The molecule has 190 valence electrons. The molecule has 2 fully saturated rings. The monoisotopic (exact) mass is 499 g/mol. The zero-order chi connectivity index (χ0) is 25.1. The molecule has 1 saturated carbocycles. The fraction of sp³-hybridized carbons (Fsp3) is 0.393. The minimum absolute atomic E-state index is 0.122. The van der Waals surface area contributed by atoms with Gasteiger partial charge in [-0.15, -0.1) is 0 Å². The Balaban J connectivity index is 1.29. The Morgan fingerprint density at radius 3 is 2.81 bits per heavy atom. The number of amides is 2. The third-order valence-corrected chi connectivity index (χ3v) is 7.84. The molecule has 2 aromatic carbocycles. The molecule has 0 unspecified atom stereocenters. The highest BCUT2D eigenvalue weighted by molar-refractivity contribution is 6.00. The van der Waals surface area contributed by atoms with Crippen LogP contribution in [0.4, 0.5) is 4.79 Å². The van der Waals surface area contributed by atoms with Crippen LogP contribution in [-0.2, 0) is 13.1 Å². The Hall–Kier alpha value is -4.01. The van der Waals surface area contributed by atoms with Crippen molar-refractivity contribution in [2.45, 2.75) is 44.8 Å². The number of benzene rings is 2. The first-order valence-electron chi connectivity index (χ1n) is 13.1. The van der Waals surface area contributed by atoms with Crippen LogP contribution in [0.15, 0.2) is 42.5 Å². The first-order chi connectivity index (χ1) is 18.0. The van der Waals surface area contributed by atoms with E-state index in [1.54, 1.807) is 4.90 Å². The van der Waals surface area contributed by atoms with Gasteiger partial charge < -0.3 is 29.2 Å². The summed E-state index contributed by atoms with van der Waals surface area (Å²) in [5.74, 6) is 2.17. The summed E-state index contributed by atoms with van der Waals surface area (Å²) in [4.78, 5) is 31.4. The van der Waals surface area contributed by atoms with Crippen molar-refractivity contribution in [2.24, 2.45) is 5.92 Å². The molecule has 2 aliphatic heterocycles. The molecule has 2 N–H and O–H groups in total. The second kappa shape index (κ2) is 8.54. The summed E-state index contributed by atoms with van der Waals surface area (Å²) in [6, 6.07) is 14.1. The molecule has 1 saturated heterocycles. The van der Waals surface area contributed by atoms with Crippen molar-refractivity contribution in [3.05, 3.63) is 48.0 Å². The molecule has 1 aliphatic carbocycles. The molecule has 3 aliphatic rings. The van der Waals surface area contributed by atoms with Gasteiger partial charge in [-0.05, 0) is 55.9 Å². The Kier molecular flexibility index (Phi) is 5.12. The van der Waals surface area contributed by atoms with Crippen LogP contribution in [0, 0.1) is 5.92 Å². The summed E-state index contributed by atoms with van der Waals surface area (Å²) in [7, 11) is 0. The van der Waals surface area contributed by atoms with Gasteiger partial charge in [0.05, 0.1) is 17.8 Å². The summed E-state index contributed by atoms with van der Waals surface area (Å²) in [5.41, 5.74) is 4.52. The van der Waals surface area contributed by atoms with Crippen LogP contribution in [0.2, 0.25) is 0 Å². The number of piperidine rings is 1. The summed E-state index contributed by atoms with van der Waals surface area (Å²) in [5, 5.41) is 12.8. The maximum absolute atomic E-state index is 13.5. The number of rotatable bonds is 5. The Morgan fingerprint density at radius 2 is 1.97 bits per heavy atom. The van der Waals surface area contributed by atoms with E-state index in [1.807, 2.05) is 12.1 Å². The Labute approximate surface area is 213 Å². The second-order valence-electron chi connectivity index (χ2n) is 10.5. The molecule has 7 rings (SSSR count). The van der Waals surface area contributed by atoms with Gasteiger partial charge in [0.1, 0.15) is 17.9 Å². The minimum Gasteiger partial charge on any atom is -0.489 e. The number of likely N-dealkylation sites (tertiary alicyclic amines) is 1. The molecule has 9 heteroatoms. The number of carbonyl (C=O) groups is 2. The molecular weight excluding hydrogens is 470 g/mol. The molecule has 4 heterocycles. The van der Waals surface area contributed by atoms with Crippen LogP contribution in [0.25, 0.3) is 33.5 Å². The fourth-order valence-electron chi connectivity index (χ4n) is 5.91. The lowest BCUT2D eigenvalue weighted by Gasteiger charge is -2.32.